The van der Waals surface area contributed by atoms with Gasteiger partial charge in [0.1, 0.15) is 10.9 Å². The summed E-state index contributed by atoms with van der Waals surface area (Å²) in [6.45, 7) is 0. The van der Waals surface area contributed by atoms with Crippen LogP contribution in [0.1, 0.15) is 5.56 Å². The molecular formula is C9H7FN2OS. The van der Waals surface area contributed by atoms with Crippen LogP contribution in [0.15, 0.2) is 29.4 Å². The summed E-state index contributed by atoms with van der Waals surface area (Å²) in [6, 6.07) is 6.36. The van der Waals surface area contributed by atoms with Gasteiger partial charge < -0.3 is 0 Å². The molecule has 0 bridgehead atoms. The van der Waals surface area contributed by atoms with Crippen molar-refractivity contribution in [3.63, 3.8) is 0 Å². The Hall–Kier alpha value is -1.36. The molecule has 1 aliphatic heterocycles. The molecule has 0 radical (unpaired) electrons. The first kappa shape index (κ1) is 9.21. The number of nitrogens with zero attached hydrogens (tertiary/aromatic N) is 1. The number of hydrazone groups is 1. The molecule has 1 aromatic carbocycles. The second-order valence-electron chi connectivity index (χ2n) is 2.72. The van der Waals surface area contributed by atoms with E-state index < -0.39 is 0 Å². The number of rotatable bonds is 1. The Bertz CT molecular complexity index is 406. The molecule has 1 aliphatic rings. The number of carbonyl (C=O) groups is 1. The molecule has 1 amide bonds. The molecule has 0 aromatic heterocycles. The first-order valence-electron chi connectivity index (χ1n) is 4.01. The van der Waals surface area contributed by atoms with Gasteiger partial charge in [0.2, 0.25) is 0 Å². The van der Waals surface area contributed by atoms with Gasteiger partial charge in [-0.2, -0.15) is 5.10 Å². The fraction of sp³-hybridized carbons (Fsp3) is 0.111. The van der Waals surface area contributed by atoms with Gasteiger partial charge in [0.25, 0.3) is 5.91 Å². The van der Waals surface area contributed by atoms with Crippen molar-refractivity contribution in [3.05, 3.63) is 35.6 Å². The number of thioether (sulfide) groups is 1. The normalized spacial score (nSPS) is 16.1. The molecule has 1 heterocycles. The van der Waals surface area contributed by atoms with E-state index in [-0.39, 0.29) is 17.5 Å². The molecule has 72 valence electrons. The third-order valence-electron chi connectivity index (χ3n) is 1.73. The zero-order valence-corrected chi connectivity index (χ0v) is 7.97. The standard InChI is InChI=1S/C9H7FN2OS/c10-7-4-2-1-3-6(7)9-12-11-8(13)5-14-9/h1-4H,5H2,(H,11,13). The molecule has 2 rings (SSSR count). The second-order valence-corrected chi connectivity index (χ2v) is 3.68. The van der Waals surface area contributed by atoms with E-state index in [0.717, 1.165) is 0 Å². The number of hydrogen-bond donors (Lipinski definition) is 1. The fourth-order valence-corrected chi connectivity index (χ4v) is 1.85. The number of carbonyl (C=O) groups excluding carboxylic acids is 1. The zero-order valence-electron chi connectivity index (χ0n) is 7.16. The van der Waals surface area contributed by atoms with Gasteiger partial charge in [0.15, 0.2) is 0 Å². The largest absolute Gasteiger partial charge is 0.272 e. The first-order chi connectivity index (χ1) is 6.77. The van der Waals surface area contributed by atoms with Crippen molar-refractivity contribution in [1.82, 2.24) is 5.43 Å². The maximum absolute atomic E-state index is 13.3. The average Bonchev–Trinajstić information content (AvgIpc) is 2.20. The number of hydrogen-bond acceptors (Lipinski definition) is 3. The van der Waals surface area contributed by atoms with Crippen molar-refractivity contribution in [2.24, 2.45) is 5.10 Å². The van der Waals surface area contributed by atoms with Crippen LogP contribution in [0.4, 0.5) is 4.39 Å². The minimum atomic E-state index is -0.324. The molecule has 0 unspecified atom stereocenters. The Morgan fingerprint density at radius 1 is 1.43 bits per heavy atom. The van der Waals surface area contributed by atoms with Gasteiger partial charge in [-0.05, 0) is 12.1 Å². The Balaban J connectivity index is 2.32. The topological polar surface area (TPSA) is 41.5 Å². The van der Waals surface area contributed by atoms with Gasteiger partial charge in [-0.3, -0.25) is 4.79 Å². The van der Waals surface area contributed by atoms with E-state index in [4.69, 9.17) is 0 Å². The van der Waals surface area contributed by atoms with Crippen LogP contribution in [0, 0.1) is 5.82 Å². The van der Waals surface area contributed by atoms with Crippen LogP contribution in [-0.4, -0.2) is 16.7 Å². The SMILES string of the molecule is O=C1CSC(c2ccccc2F)=NN1. The predicted octanol–water partition coefficient (Wildman–Crippen LogP) is 1.35. The highest BCUT2D eigenvalue weighted by molar-refractivity contribution is 8.15. The summed E-state index contributed by atoms with van der Waals surface area (Å²) < 4.78 is 13.3. The third-order valence-corrected chi connectivity index (χ3v) is 2.72. The zero-order chi connectivity index (χ0) is 9.97. The number of nitrogens with one attached hydrogen (secondary N) is 1. The second kappa shape index (κ2) is 3.79. The molecular weight excluding hydrogens is 203 g/mol. The summed E-state index contributed by atoms with van der Waals surface area (Å²) in [6.07, 6.45) is 0. The van der Waals surface area contributed by atoms with Crippen LogP contribution in [0.3, 0.4) is 0 Å². The Morgan fingerprint density at radius 2 is 2.21 bits per heavy atom. The molecule has 1 aromatic rings. The summed E-state index contributed by atoms with van der Waals surface area (Å²) >= 11 is 1.24. The quantitative estimate of drug-likeness (QED) is 0.760. The molecule has 14 heavy (non-hydrogen) atoms. The monoisotopic (exact) mass is 210 g/mol. The van der Waals surface area contributed by atoms with Gasteiger partial charge in [-0.15, -0.1) is 0 Å². The molecule has 5 heteroatoms. The minimum Gasteiger partial charge on any atom is -0.272 e. The Kier molecular flexibility index (Phi) is 2.49. The van der Waals surface area contributed by atoms with E-state index in [1.165, 1.54) is 17.8 Å². The third kappa shape index (κ3) is 1.77. The molecule has 0 saturated heterocycles. The lowest BCUT2D eigenvalue weighted by Gasteiger charge is -2.11. The van der Waals surface area contributed by atoms with Gasteiger partial charge in [0, 0.05) is 5.56 Å². The van der Waals surface area contributed by atoms with Crippen LogP contribution >= 0.6 is 11.8 Å². The van der Waals surface area contributed by atoms with E-state index in [0.29, 0.717) is 10.6 Å². The lowest BCUT2D eigenvalue weighted by molar-refractivity contribution is -0.118. The molecule has 3 nitrogen and oxygen atoms in total. The van der Waals surface area contributed by atoms with Gasteiger partial charge in [0.05, 0.1) is 5.75 Å². The van der Waals surface area contributed by atoms with E-state index in [9.17, 15) is 9.18 Å². The van der Waals surface area contributed by atoms with Crippen molar-refractivity contribution in [2.45, 2.75) is 0 Å². The highest BCUT2D eigenvalue weighted by Crippen LogP contribution is 2.18. The van der Waals surface area contributed by atoms with Crippen molar-refractivity contribution in [1.29, 1.82) is 0 Å². The smallest absolute Gasteiger partial charge is 0.250 e. The lowest BCUT2D eigenvalue weighted by atomic mass is 10.2. The number of benzene rings is 1. The van der Waals surface area contributed by atoms with Crippen LogP contribution in [0.5, 0.6) is 0 Å². The molecule has 0 saturated carbocycles. The average molecular weight is 210 g/mol. The van der Waals surface area contributed by atoms with Crippen molar-refractivity contribution < 1.29 is 9.18 Å². The Labute approximate surface area is 84.4 Å². The summed E-state index contributed by atoms with van der Waals surface area (Å²) in [7, 11) is 0. The van der Waals surface area contributed by atoms with Gasteiger partial charge in [-0.1, -0.05) is 23.9 Å². The summed E-state index contributed by atoms with van der Waals surface area (Å²) in [5, 5.41) is 4.30. The van der Waals surface area contributed by atoms with Crippen LogP contribution < -0.4 is 5.43 Å². The maximum Gasteiger partial charge on any atom is 0.250 e. The molecule has 0 atom stereocenters. The molecule has 0 aliphatic carbocycles. The van der Waals surface area contributed by atoms with E-state index >= 15 is 0 Å². The minimum absolute atomic E-state index is 0.157. The maximum atomic E-state index is 13.3. The van der Waals surface area contributed by atoms with Crippen LogP contribution in [0.2, 0.25) is 0 Å². The van der Waals surface area contributed by atoms with Crippen molar-refractivity contribution in [2.75, 3.05) is 5.75 Å². The summed E-state index contributed by atoms with van der Waals surface area (Å²) in [5.41, 5.74) is 2.75. The van der Waals surface area contributed by atoms with Gasteiger partial charge >= 0.3 is 0 Å². The first-order valence-corrected chi connectivity index (χ1v) is 5.00. The summed E-state index contributed by atoms with van der Waals surface area (Å²) in [5.74, 6) is -0.197. The highest BCUT2D eigenvalue weighted by Gasteiger charge is 2.16. The fourth-order valence-electron chi connectivity index (χ4n) is 1.08. The van der Waals surface area contributed by atoms with E-state index in [1.807, 2.05) is 0 Å². The van der Waals surface area contributed by atoms with Gasteiger partial charge in [-0.25, -0.2) is 9.82 Å². The van der Waals surface area contributed by atoms with Crippen LogP contribution in [0.25, 0.3) is 0 Å². The Morgan fingerprint density at radius 3 is 2.86 bits per heavy atom. The van der Waals surface area contributed by atoms with Crippen molar-refractivity contribution >= 4 is 22.7 Å². The molecule has 1 N–H and O–H groups in total. The molecule has 0 spiro atoms. The van der Waals surface area contributed by atoms with E-state index in [2.05, 4.69) is 10.5 Å². The number of halogens is 1. The molecule has 0 fully saturated rings. The predicted molar refractivity (Wildman–Crippen MR) is 53.5 cm³/mol. The van der Waals surface area contributed by atoms with Crippen molar-refractivity contribution in [3.8, 4) is 0 Å². The lowest BCUT2D eigenvalue weighted by Crippen LogP contribution is -2.26. The van der Waals surface area contributed by atoms with Crippen LogP contribution in [-0.2, 0) is 4.79 Å². The highest BCUT2D eigenvalue weighted by atomic mass is 32.2. The van der Waals surface area contributed by atoms with E-state index in [1.54, 1.807) is 18.2 Å². The number of amides is 1. The summed E-state index contributed by atoms with van der Waals surface area (Å²) in [4.78, 5) is 10.8.